The van der Waals surface area contributed by atoms with E-state index in [2.05, 4.69) is 0 Å². The van der Waals surface area contributed by atoms with Crippen molar-refractivity contribution in [1.82, 2.24) is 0 Å². The molecule has 0 aliphatic carbocycles. The molecular formula is C8H9ClO4S2. The molecule has 0 radical (unpaired) electrons. The van der Waals surface area contributed by atoms with Crippen LogP contribution in [0.15, 0.2) is 10.3 Å². The SMILES string of the molecule is CC(C)c1cc(S(=O)(=O)Cl)sc1C(=O)O. The molecule has 0 atom stereocenters. The van der Waals surface area contributed by atoms with Crippen molar-refractivity contribution in [1.29, 1.82) is 0 Å². The summed E-state index contributed by atoms with van der Waals surface area (Å²) < 4.78 is 21.9. The second-order valence-electron chi connectivity index (χ2n) is 3.25. The lowest BCUT2D eigenvalue weighted by Gasteiger charge is -2.01. The highest BCUT2D eigenvalue weighted by atomic mass is 35.7. The number of carbonyl (C=O) groups is 1. The first kappa shape index (κ1) is 12.5. The van der Waals surface area contributed by atoms with Crippen LogP contribution in [0.1, 0.15) is 35.0 Å². The van der Waals surface area contributed by atoms with Crippen molar-refractivity contribution in [2.24, 2.45) is 0 Å². The number of hydrogen-bond donors (Lipinski definition) is 1. The molecule has 0 aliphatic heterocycles. The molecule has 84 valence electrons. The monoisotopic (exact) mass is 268 g/mol. The Bertz CT molecular complexity index is 487. The summed E-state index contributed by atoms with van der Waals surface area (Å²) in [6.07, 6.45) is 0. The van der Waals surface area contributed by atoms with Gasteiger partial charge in [0.25, 0.3) is 9.05 Å². The maximum absolute atomic E-state index is 11.0. The normalized spacial score (nSPS) is 12.0. The Morgan fingerprint density at radius 1 is 1.53 bits per heavy atom. The minimum Gasteiger partial charge on any atom is -0.477 e. The third-order valence-corrected chi connectivity index (χ3v) is 5.01. The van der Waals surface area contributed by atoms with Crippen molar-refractivity contribution in [3.63, 3.8) is 0 Å². The molecular weight excluding hydrogens is 260 g/mol. The van der Waals surface area contributed by atoms with E-state index in [4.69, 9.17) is 15.8 Å². The molecule has 0 saturated carbocycles. The zero-order valence-corrected chi connectivity index (χ0v) is 10.4. The predicted octanol–water partition coefficient (Wildman–Crippen LogP) is 2.50. The fourth-order valence-electron chi connectivity index (χ4n) is 1.10. The van der Waals surface area contributed by atoms with Gasteiger partial charge in [-0.3, -0.25) is 0 Å². The van der Waals surface area contributed by atoms with Crippen molar-refractivity contribution < 1.29 is 18.3 Å². The van der Waals surface area contributed by atoms with Crippen LogP contribution in [0.25, 0.3) is 0 Å². The van der Waals surface area contributed by atoms with Crippen molar-refractivity contribution in [2.45, 2.75) is 24.0 Å². The minimum absolute atomic E-state index is 0.0317. The summed E-state index contributed by atoms with van der Waals surface area (Å²) >= 11 is 0.683. The number of aromatic carboxylic acids is 1. The van der Waals surface area contributed by atoms with E-state index < -0.39 is 15.0 Å². The van der Waals surface area contributed by atoms with Gasteiger partial charge in [-0.25, -0.2) is 13.2 Å². The van der Waals surface area contributed by atoms with Gasteiger partial charge in [0.05, 0.1) is 0 Å². The summed E-state index contributed by atoms with van der Waals surface area (Å²) in [5, 5.41) is 8.87. The summed E-state index contributed by atoms with van der Waals surface area (Å²) in [7, 11) is 1.30. The smallest absolute Gasteiger partial charge is 0.346 e. The number of thiophene rings is 1. The molecule has 0 spiro atoms. The van der Waals surface area contributed by atoms with Gasteiger partial charge in [-0.2, -0.15) is 0 Å². The highest BCUT2D eigenvalue weighted by Gasteiger charge is 2.22. The van der Waals surface area contributed by atoms with E-state index in [1.165, 1.54) is 6.07 Å². The number of carboxylic acids is 1. The molecule has 4 nitrogen and oxygen atoms in total. The molecule has 1 aromatic rings. The Balaban J connectivity index is 3.41. The van der Waals surface area contributed by atoms with E-state index in [1.54, 1.807) is 13.8 Å². The predicted molar refractivity (Wildman–Crippen MR) is 58.4 cm³/mol. The molecule has 7 heteroatoms. The minimum atomic E-state index is -3.84. The van der Waals surface area contributed by atoms with Crippen LogP contribution < -0.4 is 0 Å². The molecule has 1 N–H and O–H groups in total. The topological polar surface area (TPSA) is 71.4 Å². The standard InChI is InChI=1S/C8H9ClO4S2/c1-4(2)5-3-6(15(9,12)13)14-7(5)8(10)11/h3-4H,1-2H3,(H,10,11). The molecule has 0 bridgehead atoms. The van der Waals surface area contributed by atoms with Gasteiger partial charge in [0.15, 0.2) is 0 Å². The summed E-state index contributed by atoms with van der Waals surface area (Å²) in [5.74, 6) is -1.19. The Morgan fingerprint density at radius 3 is 2.33 bits per heavy atom. The number of carboxylic acid groups (broad SMARTS) is 1. The van der Waals surface area contributed by atoms with Crippen LogP contribution in [-0.2, 0) is 9.05 Å². The second-order valence-corrected chi connectivity index (χ2v) is 7.09. The molecule has 0 saturated heterocycles. The molecule has 1 heterocycles. The van der Waals surface area contributed by atoms with Crippen LogP contribution in [-0.4, -0.2) is 19.5 Å². The fourth-order valence-corrected chi connectivity index (χ4v) is 3.32. The van der Waals surface area contributed by atoms with Gasteiger partial charge >= 0.3 is 5.97 Å². The lowest BCUT2D eigenvalue weighted by atomic mass is 10.1. The van der Waals surface area contributed by atoms with E-state index in [-0.39, 0.29) is 15.0 Å². The molecule has 15 heavy (non-hydrogen) atoms. The molecule has 1 aromatic heterocycles. The van der Waals surface area contributed by atoms with E-state index in [0.717, 1.165) is 0 Å². The molecule has 1 rings (SSSR count). The Kier molecular flexibility index (Phi) is 3.42. The molecule has 0 fully saturated rings. The molecule has 0 unspecified atom stereocenters. The van der Waals surface area contributed by atoms with Gasteiger partial charge in [0, 0.05) is 10.7 Å². The van der Waals surface area contributed by atoms with Crippen molar-refractivity contribution >= 4 is 37.0 Å². The van der Waals surface area contributed by atoms with Gasteiger partial charge in [-0.15, -0.1) is 11.3 Å². The highest BCUT2D eigenvalue weighted by molar-refractivity contribution is 8.15. The van der Waals surface area contributed by atoms with Crippen LogP contribution >= 0.6 is 22.0 Å². The average molecular weight is 269 g/mol. The van der Waals surface area contributed by atoms with Gasteiger partial charge in [-0.05, 0) is 17.5 Å². The summed E-state index contributed by atoms with van der Waals surface area (Å²) in [6.45, 7) is 3.58. The number of rotatable bonds is 3. The quantitative estimate of drug-likeness (QED) is 0.855. The van der Waals surface area contributed by atoms with Crippen LogP contribution in [0.4, 0.5) is 0 Å². The second kappa shape index (κ2) is 4.11. The van der Waals surface area contributed by atoms with Gasteiger partial charge in [0.2, 0.25) is 0 Å². The Morgan fingerprint density at radius 2 is 2.07 bits per heavy atom. The Labute approximate surface area is 95.9 Å². The van der Waals surface area contributed by atoms with Crippen LogP contribution in [0, 0.1) is 0 Å². The first-order chi connectivity index (χ1) is 6.73. The van der Waals surface area contributed by atoms with Gasteiger partial charge in [-0.1, -0.05) is 13.8 Å². The Hall–Kier alpha value is -0.590. The largest absolute Gasteiger partial charge is 0.477 e. The maximum Gasteiger partial charge on any atom is 0.346 e. The van der Waals surface area contributed by atoms with Crippen LogP contribution in [0.5, 0.6) is 0 Å². The number of hydrogen-bond acceptors (Lipinski definition) is 4. The van der Waals surface area contributed by atoms with Crippen LogP contribution in [0.3, 0.4) is 0 Å². The zero-order valence-electron chi connectivity index (χ0n) is 8.02. The average Bonchev–Trinajstić information content (AvgIpc) is 2.45. The number of halogens is 1. The van der Waals surface area contributed by atoms with E-state index in [0.29, 0.717) is 16.9 Å². The first-order valence-corrected chi connectivity index (χ1v) is 7.17. The van der Waals surface area contributed by atoms with Crippen molar-refractivity contribution in [3.05, 3.63) is 16.5 Å². The van der Waals surface area contributed by atoms with Gasteiger partial charge in [0.1, 0.15) is 9.09 Å². The molecule has 0 aromatic carbocycles. The highest BCUT2D eigenvalue weighted by Crippen LogP contribution is 2.32. The van der Waals surface area contributed by atoms with E-state index in [9.17, 15) is 13.2 Å². The van der Waals surface area contributed by atoms with Crippen molar-refractivity contribution in [2.75, 3.05) is 0 Å². The first-order valence-electron chi connectivity index (χ1n) is 4.05. The lowest BCUT2D eigenvalue weighted by Crippen LogP contribution is -1.98. The fraction of sp³-hybridized carbons (Fsp3) is 0.375. The molecule has 0 amide bonds. The molecule has 0 aliphatic rings. The third kappa shape index (κ3) is 2.70. The third-order valence-electron chi connectivity index (χ3n) is 1.79. The lowest BCUT2D eigenvalue weighted by molar-refractivity contribution is 0.0700. The zero-order chi connectivity index (χ0) is 11.8. The summed E-state index contributed by atoms with van der Waals surface area (Å²) in [4.78, 5) is 10.9. The van der Waals surface area contributed by atoms with Gasteiger partial charge < -0.3 is 5.11 Å². The van der Waals surface area contributed by atoms with E-state index in [1.807, 2.05) is 0 Å². The van der Waals surface area contributed by atoms with Crippen molar-refractivity contribution in [3.8, 4) is 0 Å². The van der Waals surface area contributed by atoms with Crippen LogP contribution in [0.2, 0.25) is 0 Å². The summed E-state index contributed by atoms with van der Waals surface area (Å²) in [5.41, 5.74) is 0.492. The maximum atomic E-state index is 11.0. The summed E-state index contributed by atoms with van der Waals surface area (Å²) in [6, 6.07) is 1.32. The van der Waals surface area contributed by atoms with E-state index >= 15 is 0 Å².